The van der Waals surface area contributed by atoms with E-state index >= 15 is 0 Å². The lowest BCUT2D eigenvalue weighted by Crippen LogP contribution is -2.54. The number of aromatic amines is 1. The average Bonchev–Trinajstić information content (AvgIpc) is 3.75. The Morgan fingerprint density at radius 1 is 1.00 bits per heavy atom. The summed E-state index contributed by atoms with van der Waals surface area (Å²) in [4.78, 5) is 32.9. The number of rotatable bonds is 10. The summed E-state index contributed by atoms with van der Waals surface area (Å²) >= 11 is 0. The molecule has 3 heterocycles. The third-order valence-corrected chi connectivity index (χ3v) is 8.98. The fraction of sp³-hybridized carbons (Fsp3) is 0.500. The maximum Gasteiger partial charge on any atom is 0.573 e. The minimum absolute atomic E-state index is 0.0163. The van der Waals surface area contributed by atoms with Crippen molar-refractivity contribution < 1.29 is 32.2 Å². The number of hydrogen-bond donors (Lipinski definition) is 2. The van der Waals surface area contributed by atoms with E-state index in [1.54, 1.807) is 37.1 Å². The van der Waals surface area contributed by atoms with Crippen molar-refractivity contribution in [1.82, 2.24) is 25.3 Å². The van der Waals surface area contributed by atoms with Crippen molar-refractivity contribution in [3.63, 3.8) is 0 Å². The highest BCUT2D eigenvalue weighted by atomic mass is 19.4. The topological polar surface area (TPSA) is 103 Å². The van der Waals surface area contributed by atoms with Crippen molar-refractivity contribution >= 4 is 17.5 Å². The lowest BCUT2D eigenvalue weighted by molar-refractivity contribution is -0.274. The molecule has 1 aliphatic carbocycles. The van der Waals surface area contributed by atoms with E-state index < -0.39 is 12.0 Å². The van der Waals surface area contributed by atoms with E-state index in [4.69, 9.17) is 4.74 Å². The van der Waals surface area contributed by atoms with Gasteiger partial charge in [0.25, 0.3) is 5.91 Å². The number of piperidine rings is 1. The highest BCUT2D eigenvalue weighted by molar-refractivity contribution is 5.85. The molecule has 0 unspecified atom stereocenters. The molecule has 0 spiro atoms. The standard InChI is InChI=1S/C34H41F3N6O4/c1-33(2,32(45)41-15-12-38-13-16-41)46-29-7-3-6-28(18-29)42-14-4-5-25(21-42)31(44)43(27-10-11-27)22-24-9-8-23(26-19-39-40-20-26)17-30(24)47-34(35,36)37/h3,6-9,17-20,25,27,38H,4-5,10-16,21-22H2,1-2H3,(H,39,40)/t25-/m1/s1. The molecule has 252 valence electrons. The Kier molecular flexibility index (Phi) is 9.36. The van der Waals surface area contributed by atoms with Crippen molar-refractivity contribution in [1.29, 1.82) is 0 Å². The predicted molar refractivity (Wildman–Crippen MR) is 170 cm³/mol. The first-order valence-electron chi connectivity index (χ1n) is 16.2. The van der Waals surface area contributed by atoms with Gasteiger partial charge >= 0.3 is 6.36 Å². The number of benzene rings is 2. The lowest BCUT2D eigenvalue weighted by atomic mass is 9.95. The molecular formula is C34H41F3N6O4. The number of carbonyl (C=O) groups is 2. The Morgan fingerprint density at radius 2 is 1.79 bits per heavy atom. The molecule has 2 aliphatic heterocycles. The third kappa shape index (κ3) is 8.01. The van der Waals surface area contributed by atoms with Gasteiger partial charge < -0.3 is 29.5 Å². The van der Waals surface area contributed by atoms with Crippen LogP contribution in [0.25, 0.3) is 11.1 Å². The summed E-state index contributed by atoms with van der Waals surface area (Å²) in [6, 6.07) is 12.2. The first kappa shape index (κ1) is 32.7. The second-order valence-corrected chi connectivity index (χ2v) is 13.0. The van der Waals surface area contributed by atoms with Crippen molar-refractivity contribution in [2.75, 3.05) is 44.2 Å². The van der Waals surface area contributed by atoms with Crippen LogP contribution in [0.5, 0.6) is 11.5 Å². The zero-order valence-electron chi connectivity index (χ0n) is 26.7. The number of piperazine rings is 1. The van der Waals surface area contributed by atoms with E-state index in [2.05, 4.69) is 25.2 Å². The van der Waals surface area contributed by atoms with Gasteiger partial charge in [0.15, 0.2) is 5.60 Å². The Balaban J connectivity index is 1.15. The van der Waals surface area contributed by atoms with Crippen LogP contribution >= 0.6 is 0 Å². The average molecular weight is 655 g/mol. The molecule has 1 saturated carbocycles. The van der Waals surface area contributed by atoms with Crippen LogP contribution in [0.3, 0.4) is 0 Å². The molecular weight excluding hydrogens is 613 g/mol. The maximum atomic E-state index is 14.0. The summed E-state index contributed by atoms with van der Waals surface area (Å²) in [5.41, 5.74) is 1.29. The molecule has 13 heteroatoms. The second-order valence-electron chi connectivity index (χ2n) is 13.0. The Bertz CT molecular complexity index is 1550. The minimum Gasteiger partial charge on any atom is -0.478 e. The van der Waals surface area contributed by atoms with E-state index in [9.17, 15) is 22.8 Å². The molecule has 1 atom stereocenters. The smallest absolute Gasteiger partial charge is 0.478 e. The highest BCUT2D eigenvalue weighted by Gasteiger charge is 2.39. The number of carbonyl (C=O) groups excluding carboxylic acids is 2. The van der Waals surface area contributed by atoms with Gasteiger partial charge in [-0.15, -0.1) is 13.2 Å². The molecule has 3 fully saturated rings. The van der Waals surface area contributed by atoms with E-state index in [-0.39, 0.29) is 36.1 Å². The van der Waals surface area contributed by atoms with E-state index in [1.165, 1.54) is 12.3 Å². The van der Waals surface area contributed by atoms with E-state index in [0.29, 0.717) is 48.5 Å². The van der Waals surface area contributed by atoms with Crippen LogP contribution in [0.4, 0.5) is 18.9 Å². The van der Waals surface area contributed by atoms with Crippen LogP contribution in [-0.2, 0) is 16.1 Å². The van der Waals surface area contributed by atoms with Crippen molar-refractivity contribution in [2.24, 2.45) is 5.92 Å². The number of nitrogens with one attached hydrogen (secondary N) is 2. The highest BCUT2D eigenvalue weighted by Crippen LogP contribution is 2.37. The van der Waals surface area contributed by atoms with Crippen LogP contribution in [-0.4, -0.2) is 89.1 Å². The van der Waals surface area contributed by atoms with Crippen molar-refractivity contribution in [2.45, 2.75) is 64.1 Å². The van der Waals surface area contributed by atoms with Crippen LogP contribution < -0.4 is 19.7 Å². The maximum absolute atomic E-state index is 14.0. The molecule has 1 aromatic heterocycles. The second kappa shape index (κ2) is 13.5. The number of amides is 2. The van der Waals surface area contributed by atoms with E-state index in [0.717, 1.165) is 44.6 Å². The zero-order chi connectivity index (χ0) is 33.2. The summed E-state index contributed by atoms with van der Waals surface area (Å²) in [5.74, 6) is -0.204. The molecule has 2 saturated heterocycles. The van der Waals surface area contributed by atoms with Crippen LogP contribution in [0.1, 0.15) is 45.1 Å². The molecule has 3 aromatic rings. The van der Waals surface area contributed by atoms with Gasteiger partial charge in [-0.25, -0.2) is 0 Å². The van der Waals surface area contributed by atoms with Crippen molar-refractivity contribution in [3.8, 4) is 22.6 Å². The number of ether oxygens (including phenoxy) is 2. The normalized spacial score (nSPS) is 19.0. The molecule has 47 heavy (non-hydrogen) atoms. The number of hydrogen-bond acceptors (Lipinski definition) is 7. The lowest BCUT2D eigenvalue weighted by Gasteiger charge is -2.37. The molecule has 10 nitrogen and oxygen atoms in total. The zero-order valence-corrected chi connectivity index (χ0v) is 26.7. The van der Waals surface area contributed by atoms with Crippen LogP contribution in [0.2, 0.25) is 0 Å². The summed E-state index contributed by atoms with van der Waals surface area (Å²) in [6.45, 7) is 7.59. The monoisotopic (exact) mass is 654 g/mol. The fourth-order valence-electron chi connectivity index (χ4n) is 6.43. The Morgan fingerprint density at radius 3 is 2.49 bits per heavy atom. The largest absolute Gasteiger partial charge is 0.573 e. The summed E-state index contributed by atoms with van der Waals surface area (Å²) in [6.07, 6.45) is 1.34. The van der Waals surface area contributed by atoms with Gasteiger partial charge in [0.1, 0.15) is 11.5 Å². The molecule has 3 aliphatic rings. The minimum atomic E-state index is -4.88. The molecule has 6 rings (SSSR count). The molecule has 2 N–H and O–H groups in total. The third-order valence-electron chi connectivity index (χ3n) is 8.98. The predicted octanol–water partition coefficient (Wildman–Crippen LogP) is 4.97. The summed E-state index contributed by atoms with van der Waals surface area (Å²) < 4.78 is 51.0. The number of alkyl halides is 3. The summed E-state index contributed by atoms with van der Waals surface area (Å²) in [5, 5.41) is 9.81. The van der Waals surface area contributed by atoms with Gasteiger partial charge in [0.05, 0.1) is 12.1 Å². The van der Waals surface area contributed by atoms with E-state index in [1.807, 2.05) is 29.2 Å². The van der Waals surface area contributed by atoms with Crippen LogP contribution in [0, 0.1) is 5.92 Å². The van der Waals surface area contributed by atoms with Gasteiger partial charge in [-0.1, -0.05) is 18.2 Å². The molecule has 0 bridgehead atoms. The SMILES string of the molecule is CC(C)(Oc1cccc(N2CCC[C@@H](C(=O)N(Cc3ccc(-c4cn[nH]c4)cc3OC(F)(F)F)C3CC3)C2)c1)C(=O)N1CCNCC1. The fourth-order valence-corrected chi connectivity index (χ4v) is 6.43. The number of nitrogens with zero attached hydrogens (tertiary/aromatic N) is 4. The van der Waals surface area contributed by atoms with Gasteiger partial charge in [-0.3, -0.25) is 14.7 Å². The summed E-state index contributed by atoms with van der Waals surface area (Å²) in [7, 11) is 0. The van der Waals surface area contributed by atoms with Crippen LogP contribution in [0.15, 0.2) is 54.9 Å². The van der Waals surface area contributed by atoms with Gasteiger partial charge in [0.2, 0.25) is 5.91 Å². The molecule has 2 amide bonds. The first-order chi connectivity index (χ1) is 22.5. The number of anilines is 1. The Hall–Kier alpha value is -4.26. The quantitative estimate of drug-likeness (QED) is 0.318. The van der Waals surface area contributed by atoms with Gasteiger partial charge in [0, 0.05) is 80.9 Å². The molecule has 2 aromatic carbocycles. The Labute approximate surface area is 272 Å². The number of H-pyrrole nitrogens is 1. The number of aromatic nitrogens is 2. The van der Waals surface area contributed by atoms with Gasteiger partial charge in [-0.05, 0) is 63.3 Å². The molecule has 0 radical (unpaired) electrons. The first-order valence-corrected chi connectivity index (χ1v) is 16.2. The number of halogens is 3. The van der Waals surface area contributed by atoms with Crippen molar-refractivity contribution in [3.05, 3.63) is 60.4 Å². The van der Waals surface area contributed by atoms with Gasteiger partial charge in [-0.2, -0.15) is 5.10 Å².